The van der Waals surface area contributed by atoms with Crippen LogP contribution < -0.4 is 0 Å². The lowest BCUT2D eigenvalue weighted by atomic mass is 9.90. The van der Waals surface area contributed by atoms with Crippen molar-refractivity contribution in [1.82, 2.24) is 0 Å². The topological polar surface area (TPSA) is 35.5 Å². The van der Waals surface area contributed by atoms with Crippen LogP contribution in [0.5, 0.6) is 0 Å². The minimum atomic E-state index is -0.690. The molecule has 2 bridgehead atoms. The Bertz CT molecular complexity index is 563. The molecule has 0 aliphatic carbocycles. The molecule has 3 unspecified atom stereocenters. The molecule has 0 aromatic heterocycles. The van der Waals surface area contributed by atoms with E-state index in [0.717, 1.165) is 24.8 Å². The summed E-state index contributed by atoms with van der Waals surface area (Å²) in [5, 5.41) is 0.546. The Morgan fingerprint density at radius 1 is 1.19 bits per heavy atom. The van der Waals surface area contributed by atoms with E-state index in [-0.39, 0.29) is 11.5 Å². The van der Waals surface area contributed by atoms with Crippen LogP contribution in [0.3, 0.4) is 0 Å². The highest BCUT2D eigenvalue weighted by Crippen LogP contribution is 2.39. The number of hydrogen-bond donors (Lipinski definition) is 0. The van der Waals surface area contributed by atoms with E-state index in [0.29, 0.717) is 5.25 Å². The average molecular weight is 306 g/mol. The van der Waals surface area contributed by atoms with E-state index in [1.807, 2.05) is 12.1 Å². The first-order chi connectivity index (χ1) is 10.2. The van der Waals surface area contributed by atoms with Gasteiger partial charge in [-0.05, 0) is 30.4 Å². The third kappa shape index (κ3) is 2.85. The zero-order valence-electron chi connectivity index (χ0n) is 12.6. The van der Waals surface area contributed by atoms with Gasteiger partial charge >= 0.3 is 0 Å². The lowest BCUT2D eigenvalue weighted by Gasteiger charge is -2.33. The fourth-order valence-corrected chi connectivity index (χ4v) is 5.38. The molecular formula is C17H22O3S. The second-order valence-electron chi connectivity index (χ2n) is 5.71. The molecule has 114 valence electrons. The van der Waals surface area contributed by atoms with Gasteiger partial charge in [0.2, 0.25) is 0 Å². The van der Waals surface area contributed by atoms with E-state index < -0.39 is 10.8 Å². The van der Waals surface area contributed by atoms with Gasteiger partial charge in [-0.15, -0.1) is 0 Å². The number of benzene rings is 1. The fraction of sp³-hybridized carbons (Fsp3) is 0.529. The number of fused-ring (bicyclic) bond motifs is 2. The van der Waals surface area contributed by atoms with Crippen LogP contribution in [-0.2, 0) is 20.3 Å². The van der Waals surface area contributed by atoms with Crippen molar-refractivity contribution in [3.8, 4) is 0 Å². The molecule has 2 heterocycles. The maximum absolute atomic E-state index is 12.3. The van der Waals surface area contributed by atoms with Gasteiger partial charge in [0.1, 0.15) is 0 Å². The van der Waals surface area contributed by atoms with E-state index in [1.54, 1.807) is 14.2 Å². The van der Waals surface area contributed by atoms with Crippen LogP contribution in [0.2, 0.25) is 0 Å². The van der Waals surface area contributed by atoms with Crippen LogP contribution in [0, 0.1) is 0 Å². The van der Waals surface area contributed by atoms with E-state index in [2.05, 4.69) is 18.2 Å². The van der Waals surface area contributed by atoms with Crippen LogP contribution in [0.15, 0.2) is 30.3 Å². The Labute approximate surface area is 128 Å². The Kier molecular flexibility index (Phi) is 4.57. The first-order valence-electron chi connectivity index (χ1n) is 7.49. The zero-order valence-corrected chi connectivity index (χ0v) is 13.4. The van der Waals surface area contributed by atoms with Crippen molar-refractivity contribution in [3.63, 3.8) is 0 Å². The molecule has 0 amide bonds. The molecule has 0 saturated carbocycles. The van der Waals surface area contributed by atoms with Gasteiger partial charge in [-0.25, -0.2) is 0 Å². The third-order valence-corrected chi connectivity index (χ3v) is 6.49. The number of rotatable bonds is 4. The summed E-state index contributed by atoms with van der Waals surface area (Å²) in [6, 6.07) is 8.22. The summed E-state index contributed by atoms with van der Waals surface area (Å²) in [7, 11) is 2.62. The van der Waals surface area contributed by atoms with Crippen molar-refractivity contribution < 1.29 is 13.7 Å². The second-order valence-corrected chi connectivity index (χ2v) is 7.64. The molecule has 0 radical (unpaired) electrons. The lowest BCUT2D eigenvalue weighted by molar-refractivity contribution is -0.106. The first-order valence-corrected chi connectivity index (χ1v) is 8.77. The van der Waals surface area contributed by atoms with Crippen molar-refractivity contribution in [2.75, 3.05) is 14.2 Å². The molecule has 1 saturated heterocycles. The molecule has 0 spiro atoms. The fourth-order valence-electron chi connectivity index (χ4n) is 3.44. The van der Waals surface area contributed by atoms with E-state index in [1.165, 1.54) is 17.6 Å². The number of ether oxygens (including phenoxy) is 2. The van der Waals surface area contributed by atoms with Crippen LogP contribution in [0.25, 0.3) is 5.57 Å². The zero-order chi connectivity index (χ0) is 14.8. The highest BCUT2D eigenvalue weighted by Gasteiger charge is 2.34. The molecule has 3 nitrogen and oxygen atoms in total. The Morgan fingerprint density at radius 2 is 1.95 bits per heavy atom. The lowest BCUT2D eigenvalue weighted by Crippen LogP contribution is -2.33. The van der Waals surface area contributed by atoms with Crippen molar-refractivity contribution >= 4 is 16.4 Å². The normalized spacial score (nSPS) is 28.5. The van der Waals surface area contributed by atoms with Gasteiger partial charge in [-0.2, -0.15) is 0 Å². The van der Waals surface area contributed by atoms with Crippen molar-refractivity contribution in [3.05, 3.63) is 41.5 Å². The summed E-state index contributed by atoms with van der Waals surface area (Å²) >= 11 is 0. The Morgan fingerprint density at radius 3 is 2.67 bits per heavy atom. The summed E-state index contributed by atoms with van der Waals surface area (Å²) in [4.78, 5) is 0. The highest BCUT2D eigenvalue weighted by atomic mass is 32.2. The van der Waals surface area contributed by atoms with Crippen LogP contribution in [0.1, 0.15) is 43.1 Å². The first kappa shape index (κ1) is 14.9. The molecule has 1 fully saturated rings. The molecule has 0 N–H and O–H groups in total. The van der Waals surface area contributed by atoms with Gasteiger partial charge in [-0.3, -0.25) is 4.21 Å². The summed E-state index contributed by atoms with van der Waals surface area (Å²) in [6.45, 7) is 0. The number of methoxy groups -OCH3 is 2. The summed E-state index contributed by atoms with van der Waals surface area (Å²) in [5.41, 5.74) is 3.54. The van der Waals surface area contributed by atoms with E-state index >= 15 is 0 Å². The van der Waals surface area contributed by atoms with Crippen LogP contribution in [-0.4, -0.2) is 28.9 Å². The molecule has 1 aromatic carbocycles. The van der Waals surface area contributed by atoms with Gasteiger partial charge in [-0.1, -0.05) is 36.8 Å². The van der Waals surface area contributed by atoms with Gasteiger partial charge in [0.05, 0.1) is 5.25 Å². The van der Waals surface area contributed by atoms with Crippen molar-refractivity contribution in [2.45, 2.75) is 42.5 Å². The number of hydrogen-bond acceptors (Lipinski definition) is 3. The largest absolute Gasteiger partial charge is 0.352 e. The number of allylic oxidation sites excluding steroid dienone is 1. The summed E-state index contributed by atoms with van der Waals surface area (Å²) in [5.74, 6) is 0. The molecule has 4 heteroatoms. The maximum Gasteiger partial charge on any atom is 0.183 e. The minimum Gasteiger partial charge on any atom is -0.352 e. The van der Waals surface area contributed by atoms with Crippen molar-refractivity contribution in [1.29, 1.82) is 0 Å². The maximum atomic E-state index is 12.3. The average Bonchev–Trinajstić information content (AvgIpc) is 2.49. The molecule has 2 aliphatic heterocycles. The second kappa shape index (κ2) is 6.42. The smallest absolute Gasteiger partial charge is 0.183 e. The van der Waals surface area contributed by atoms with E-state index in [9.17, 15) is 4.21 Å². The minimum absolute atomic E-state index is 0.226. The molecule has 1 aromatic rings. The van der Waals surface area contributed by atoms with E-state index in [4.69, 9.17) is 9.47 Å². The Hall–Kier alpha value is -0.970. The van der Waals surface area contributed by atoms with Crippen molar-refractivity contribution in [2.24, 2.45) is 0 Å². The summed E-state index contributed by atoms with van der Waals surface area (Å²) in [6.07, 6.45) is 6.11. The monoisotopic (exact) mass is 306 g/mol. The predicted octanol–water partition coefficient (Wildman–Crippen LogP) is 3.43. The quantitative estimate of drug-likeness (QED) is 0.799. The molecule has 21 heavy (non-hydrogen) atoms. The Balaban J connectivity index is 1.99. The van der Waals surface area contributed by atoms with Gasteiger partial charge in [0, 0.05) is 35.8 Å². The SMILES string of the molecule is COC(OC)c1ccccc1C1=CC2CCCC(C1)S2=O. The van der Waals surface area contributed by atoms with Crippen LogP contribution >= 0.6 is 0 Å². The van der Waals surface area contributed by atoms with Gasteiger partial charge < -0.3 is 9.47 Å². The highest BCUT2D eigenvalue weighted by molar-refractivity contribution is 7.86. The van der Waals surface area contributed by atoms with Gasteiger partial charge in [0.25, 0.3) is 0 Å². The molecule has 3 atom stereocenters. The molecule has 3 rings (SSSR count). The standard InChI is InChI=1S/C17H22O3S/c1-19-17(20-2)16-9-4-3-8-15(16)12-10-13-6-5-7-14(11-12)21(13)18/h3-4,8-10,13-14,17H,5-7,11H2,1-2H3. The predicted molar refractivity (Wildman–Crippen MR) is 85.4 cm³/mol. The third-order valence-electron chi connectivity index (χ3n) is 4.47. The molecular weight excluding hydrogens is 284 g/mol. The van der Waals surface area contributed by atoms with Crippen LogP contribution in [0.4, 0.5) is 0 Å². The summed E-state index contributed by atoms with van der Waals surface area (Å²) < 4.78 is 23.2. The molecule has 2 aliphatic rings. The van der Waals surface area contributed by atoms with Gasteiger partial charge in [0.15, 0.2) is 6.29 Å².